The molecule has 0 aliphatic carbocycles. The molecule has 0 atom stereocenters. The maximum atomic E-state index is 11.9. The van der Waals surface area contributed by atoms with Gasteiger partial charge in [0.15, 0.2) is 16.4 Å². The Morgan fingerprint density at radius 2 is 1.95 bits per heavy atom. The summed E-state index contributed by atoms with van der Waals surface area (Å²) < 4.78 is 27.4. The number of carbonyl (C=O) groups excluding carboxylic acids is 2. The summed E-state index contributed by atoms with van der Waals surface area (Å²) >= 11 is 0. The molecular weight excluding hydrogens is 306 g/mol. The standard InChI is InChI=1S/C15H21NO5S/c1-11(2)8-16-14(17)9-21-15(18)13-6-4-5-12(7-13)10-22(3,19)20/h4-7,11H,8-10H2,1-3H3,(H,16,17). The van der Waals surface area contributed by atoms with E-state index in [1.165, 1.54) is 12.1 Å². The lowest BCUT2D eigenvalue weighted by Gasteiger charge is -2.09. The van der Waals surface area contributed by atoms with Gasteiger partial charge in [-0.2, -0.15) is 0 Å². The molecule has 122 valence electrons. The van der Waals surface area contributed by atoms with E-state index >= 15 is 0 Å². The highest BCUT2D eigenvalue weighted by atomic mass is 32.2. The third-order valence-corrected chi connectivity index (χ3v) is 3.49. The van der Waals surface area contributed by atoms with Crippen LogP contribution in [0.5, 0.6) is 0 Å². The van der Waals surface area contributed by atoms with Crippen LogP contribution in [0.15, 0.2) is 24.3 Å². The number of esters is 1. The Kier molecular flexibility index (Phi) is 6.55. The first-order chi connectivity index (χ1) is 10.2. The lowest BCUT2D eigenvalue weighted by atomic mass is 10.1. The van der Waals surface area contributed by atoms with Crippen LogP contribution < -0.4 is 5.32 Å². The van der Waals surface area contributed by atoms with E-state index in [9.17, 15) is 18.0 Å². The third-order valence-electron chi connectivity index (χ3n) is 2.63. The summed E-state index contributed by atoms with van der Waals surface area (Å²) in [5.41, 5.74) is 0.721. The third kappa shape index (κ3) is 7.21. The molecule has 6 nitrogen and oxygen atoms in total. The molecule has 0 radical (unpaired) electrons. The molecule has 0 fully saturated rings. The van der Waals surface area contributed by atoms with Crippen molar-refractivity contribution < 1.29 is 22.7 Å². The smallest absolute Gasteiger partial charge is 0.338 e. The van der Waals surface area contributed by atoms with Crippen LogP contribution in [0.4, 0.5) is 0 Å². The number of rotatable bonds is 7. The summed E-state index contributed by atoms with van der Waals surface area (Å²) in [6.07, 6.45) is 1.12. The first-order valence-electron chi connectivity index (χ1n) is 6.88. The molecule has 1 N–H and O–H groups in total. The number of hydrogen-bond acceptors (Lipinski definition) is 5. The van der Waals surface area contributed by atoms with E-state index in [0.717, 1.165) is 6.26 Å². The molecule has 0 aliphatic rings. The van der Waals surface area contributed by atoms with Crippen LogP contribution in [0, 0.1) is 5.92 Å². The number of benzene rings is 1. The predicted molar refractivity (Wildman–Crippen MR) is 83.1 cm³/mol. The van der Waals surface area contributed by atoms with Crippen LogP contribution in [0.2, 0.25) is 0 Å². The summed E-state index contributed by atoms with van der Waals surface area (Å²) in [4.78, 5) is 23.3. The summed E-state index contributed by atoms with van der Waals surface area (Å²) in [5, 5.41) is 2.64. The SMILES string of the molecule is CC(C)CNC(=O)COC(=O)c1cccc(CS(C)(=O)=O)c1. The van der Waals surface area contributed by atoms with Crippen LogP contribution in [-0.2, 0) is 25.1 Å². The lowest BCUT2D eigenvalue weighted by molar-refractivity contribution is -0.124. The fourth-order valence-electron chi connectivity index (χ4n) is 1.67. The zero-order chi connectivity index (χ0) is 16.8. The Morgan fingerprint density at radius 1 is 1.27 bits per heavy atom. The monoisotopic (exact) mass is 327 g/mol. The van der Waals surface area contributed by atoms with Gasteiger partial charge < -0.3 is 10.1 Å². The lowest BCUT2D eigenvalue weighted by Crippen LogP contribution is -2.31. The van der Waals surface area contributed by atoms with E-state index in [4.69, 9.17) is 4.74 Å². The molecule has 1 aromatic carbocycles. The quantitative estimate of drug-likeness (QED) is 0.759. The molecule has 0 bridgehead atoms. The Hall–Kier alpha value is -1.89. The Bertz CT molecular complexity index is 637. The van der Waals surface area contributed by atoms with E-state index in [-0.39, 0.29) is 23.8 Å². The van der Waals surface area contributed by atoms with Gasteiger partial charge in [-0.25, -0.2) is 13.2 Å². The van der Waals surface area contributed by atoms with Gasteiger partial charge in [0.2, 0.25) is 0 Å². The summed E-state index contributed by atoms with van der Waals surface area (Å²) in [5.74, 6) is -0.861. The van der Waals surface area contributed by atoms with Gasteiger partial charge in [-0.15, -0.1) is 0 Å². The zero-order valence-corrected chi connectivity index (χ0v) is 13.8. The molecule has 0 saturated carbocycles. The van der Waals surface area contributed by atoms with Gasteiger partial charge in [-0.3, -0.25) is 4.79 Å². The van der Waals surface area contributed by atoms with Gasteiger partial charge in [0.05, 0.1) is 11.3 Å². The van der Waals surface area contributed by atoms with Crippen LogP contribution >= 0.6 is 0 Å². The fourth-order valence-corrected chi connectivity index (χ4v) is 2.46. The van der Waals surface area contributed by atoms with Gasteiger partial charge in [0, 0.05) is 12.8 Å². The van der Waals surface area contributed by atoms with Crippen molar-refractivity contribution in [3.8, 4) is 0 Å². The number of carbonyl (C=O) groups is 2. The van der Waals surface area contributed by atoms with E-state index in [0.29, 0.717) is 18.0 Å². The van der Waals surface area contributed by atoms with Gasteiger partial charge in [-0.1, -0.05) is 26.0 Å². The molecule has 0 heterocycles. The first kappa shape index (κ1) is 18.2. The second-order valence-corrected chi connectivity index (χ2v) is 7.68. The number of ether oxygens (including phenoxy) is 1. The largest absolute Gasteiger partial charge is 0.452 e. The molecule has 7 heteroatoms. The summed E-state index contributed by atoms with van der Waals surface area (Å²) in [6.45, 7) is 4.07. The van der Waals surface area contributed by atoms with Crippen molar-refractivity contribution in [2.75, 3.05) is 19.4 Å². The minimum Gasteiger partial charge on any atom is -0.452 e. The average Bonchev–Trinajstić information content (AvgIpc) is 2.40. The molecule has 1 rings (SSSR count). The van der Waals surface area contributed by atoms with Crippen molar-refractivity contribution in [1.29, 1.82) is 0 Å². The average molecular weight is 327 g/mol. The molecule has 1 aromatic rings. The normalized spacial score (nSPS) is 11.3. The van der Waals surface area contributed by atoms with Crippen molar-refractivity contribution in [3.63, 3.8) is 0 Å². The van der Waals surface area contributed by atoms with Crippen LogP contribution in [0.25, 0.3) is 0 Å². The first-order valence-corrected chi connectivity index (χ1v) is 8.94. The van der Waals surface area contributed by atoms with E-state index in [1.54, 1.807) is 12.1 Å². The number of hydrogen-bond donors (Lipinski definition) is 1. The summed E-state index contributed by atoms with van der Waals surface area (Å²) in [6, 6.07) is 6.17. The molecule has 0 spiro atoms. The highest BCUT2D eigenvalue weighted by molar-refractivity contribution is 7.89. The molecule has 0 aliphatic heterocycles. The van der Waals surface area contributed by atoms with Gasteiger partial charge in [0.25, 0.3) is 5.91 Å². The van der Waals surface area contributed by atoms with Crippen LogP contribution in [0.3, 0.4) is 0 Å². The van der Waals surface area contributed by atoms with E-state index < -0.39 is 15.8 Å². The molecule has 0 saturated heterocycles. The van der Waals surface area contributed by atoms with Crippen LogP contribution in [-0.4, -0.2) is 39.7 Å². The molecule has 1 amide bonds. The van der Waals surface area contributed by atoms with Crippen molar-refractivity contribution in [2.45, 2.75) is 19.6 Å². The number of nitrogens with one attached hydrogen (secondary N) is 1. The second kappa shape index (κ2) is 7.93. The Morgan fingerprint density at radius 3 is 2.55 bits per heavy atom. The Labute approximate surface area is 130 Å². The van der Waals surface area contributed by atoms with Gasteiger partial charge in [0.1, 0.15) is 0 Å². The van der Waals surface area contributed by atoms with E-state index in [1.807, 2.05) is 13.8 Å². The maximum Gasteiger partial charge on any atom is 0.338 e. The fraction of sp³-hybridized carbons (Fsp3) is 0.467. The number of sulfone groups is 1. The predicted octanol–water partition coefficient (Wildman–Crippen LogP) is 1.16. The van der Waals surface area contributed by atoms with Crippen LogP contribution in [0.1, 0.15) is 29.8 Å². The maximum absolute atomic E-state index is 11.9. The molecule has 22 heavy (non-hydrogen) atoms. The number of amides is 1. The second-order valence-electron chi connectivity index (χ2n) is 5.54. The van der Waals surface area contributed by atoms with Crippen molar-refractivity contribution in [2.24, 2.45) is 5.92 Å². The minimum atomic E-state index is -3.18. The van der Waals surface area contributed by atoms with E-state index in [2.05, 4.69) is 5.32 Å². The Balaban J connectivity index is 2.59. The molecule has 0 unspecified atom stereocenters. The van der Waals surface area contributed by atoms with Crippen molar-refractivity contribution in [3.05, 3.63) is 35.4 Å². The highest BCUT2D eigenvalue weighted by Crippen LogP contribution is 2.10. The van der Waals surface area contributed by atoms with Gasteiger partial charge >= 0.3 is 5.97 Å². The van der Waals surface area contributed by atoms with Crippen molar-refractivity contribution >= 4 is 21.7 Å². The summed E-state index contributed by atoms with van der Waals surface area (Å²) in [7, 11) is -3.18. The highest BCUT2D eigenvalue weighted by Gasteiger charge is 2.12. The molecular formula is C15H21NO5S. The molecule has 0 aromatic heterocycles. The topological polar surface area (TPSA) is 89.5 Å². The minimum absolute atomic E-state index is 0.150. The zero-order valence-electron chi connectivity index (χ0n) is 13.0. The van der Waals surface area contributed by atoms with Crippen molar-refractivity contribution in [1.82, 2.24) is 5.32 Å². The van der Waals surface area contributed by atoms with Gasteiger partial charge in [-0.05, 0) is 23.6 Å².